The normalized spacial score (nSPS) is 19.4. The van der Waals surface area contributed by atoms with Gasteiger partial charge in [-0.15, -0.1) is 4.40 Å². The quantitative estimate of drug-likeness (QED) is 0.745. The Balaban J connectivity index is 1.71. The van der Waals surface area contributed by atoms with Crippen LogP contribution < -0.4 is 5.32 Å². The fourth-order valence-electron chi connectivity index (χ4n) is 3.93. The van der Waals surface area contributed by atoms with Gasteiger partial charge in [-0.1, -0.05) is 38.1 Å². The van der Waals surface area contributed by atoms with Crippen molar-refractivity contribution in [2.75, 3.05) is 26.8 Å². The lowest BCUT2D eigenvalue weighted by Gasteiger charge is -2.33. The molecule has 0 atom stereocenters. The van der Waals surface area contributed by atoms with E-state index in [0.29, 0.717) is 53.9 Å². The van der Waals surface area contributed by atoms with Gasteiger partial charge in [0, 0.05) is 38.2 Å². The van der Waals surface area contributed by atoms with Gasteiger partial charge in [0.25, 0.3) is 10.0 Å². The number of rotatable bonds is 6. The maximum Gasteiger partial charge on any atom is 0.285 e. The molecule has 0 aliphatic carbocycles. The number of carbonyl (C=O) groups is 1. The molecule has 0 aromatic heterocycles. The highest BCUT2D eigenvalue weighted by molar-refractivity contribution is 8.00. The minimum absolute atomic E-state index is 0.0145. The van der Waals surface area contributed by atoms with Crippen molar-refractivity contribution in [3.8, 4) is 0 Å². The van der Waals surface area contributed by atoms with Crippen LogP contribution in [-0.4, -0.2) is 57.9 Å². The lowest BCUT2D eigenvalue weighted by atomic mass is 10.00. The number of benzene rings is 1. The minimum atomic E-state index is -3.72. The zero-order chi connectivity index (χ0) is 21.9. The summed E-state index contributed by atoms with van der Waals surface area (Å²) in [5.74, 6) is 0.902. The zero-order valence-electron chi connectivity index (χ0n) is 18.1. The van der Waals surface area contributed by atoms with E-state index in [1.165, 1.54) is 5.56 Å². The molecule has 164 valence electrons. The molecule has 1 amide bonds. The second-order valence-corrected chi connectivity index (χ2v) is 9.73. The summed E-state index contributed by atoms with van der Waals surface area (Å²) in [7, 11) is -2.15. The van der Waals surface area contributed by atoms with E-state index in [2.05, 4.69) is 23.6 Å². The molecule has 1 N–H and O–H groups in total. The monoisotopic (exact) mass is 433 g/mol. The summed E-state index contributed by atoms with van der Waals surface area (Å²) in [5.41, 5.74) is 2.54. The number of hydrogen-bond donors (Lipinski definition) is 1. The number of likely N-dealkylation sites (tertiary alicyclic amines) is 1. The molecule has 0 spiro atoms. The molecule has 2 aliphatic heterocycles. The number of carbonyl (C=O) groups excluding carboxylic acids is 1. The van der Waals surface area contributed by atoms with Gasteiger partial charge in [0.15, 0.2) is 0 Å². The third-order valence-corrected chi connectivity index (χ3v) is 7.14. The van der Waals surface area contributed by atoms with Crippen molar-refractivity contribution < 1.29 is 17.9 Å². The Hall–Kier alpha value is -2.19. The third kappa shape index (κ3) is 4.92. The molecule has 1 aromatic carbocycles. The average molecular weight is 434 g/mol. The van der Waals surface area contributed by atoms with Crippen LogP contribution in [0.3, 0.4) is 0 Å². The summed E-state index contributed by atoms with van der Waals surface area (Å²) in [6.07, 6.45) is 1.86. The third-order valence-electron chi connectivity index (χ3n) is 5.67. The molecule has 1 fully saturated rings. The first-order valence-electron chi connectivity index (χ1n) is 10.4. The zero-order valence-corrected chi connectivity index (χ0v) is 19.0. The molecule has 2 aliphatic rings. The molecular formula is C22H31N3O4S. The number of amides is 1. The van der Waals surface area contributed by atoms with Gasteiger partial charge < -0.3 is 15.0 Å². The van der Waals surface area contributed by atoms with E-state index >= 15 is 0 Å². The topological polar surface area (TPSA) is 88.1 Å². The van der Waals surface area contributed by atoms with Crippen molar-refractivity contribution in [1.82, 2.24) is 10.2 Å². The van der Waals surface area contributed by atoms with E-state index in [9.17, 15) is 13.2 Å². The maximum absolute atomic E-state index is 12.8. The Kier molecular flexibility index (Phi) is 6.98. The highest BCUT2D eigenvalue weighted by Gasteiger charge is 2.35. The van der Waals surface area contributed by atoms with E-state index in [-0.39, 0.29) is 11.9 Å². The van der Waals surface area contributed by atoms with Crippen LogP contribution in [-0.2, 0) is 19.6 Å². The maximum atomic E-state index is 12.8. The fraction of sp³-hybridized carbons (Fsp3) is 0.545. The van der Waals surface area contributed by atoms with Crippen molar-refractivity contribution in [3.05, 3.63) is 41.0 Å². The van der Waals surface area contributed by atoms with Gasteiger partial charge in [-0.3, -0.25) is 4.79 Å². The highest BCUT2D eigenvalue weighted by Crippen LogP contribution is 2.34. The predicted molar refractivity (Wildman–Crippen MR) is 119 cm³/mol. The first kappa shape index (κ1) is 22.5. The number of piperidine rings is 1. The van der Waals surface area contributed by atoms with E-state index < -0.39 is 10.0 Å². The number of methoxy groups -OCH3 is 1. The predicted octanol–water partition coefficient (Wildman–Crippen LogP) is 2.90. The lowest BCUT2D eigenvalue weighted by molar-refractivity contribution is -0.122. The van der Waals surface area contributed by atoms with Crippen molar-refractivity contribution >= 4 is 26.7 Å². The molecule has 0 bridgehead atoms. The molecule has 2 heterocycles. The van der Waals surface area contributed by atoms with Crippen molar-refractivity contribution in [3.63, 3.8) is 0 Å². The average Bonchev–Trinajstić information content (AvgIpc) is 2.95. The molecule has 7 nitrogen and oxygen atoms in total. The van der Waals surface area contributed by atoms with Gasteiger partial charge in [0.05, 0.1) is 6.61 Å². The molecule has 0 unspecified atom stereocenters. The number of hydrogen-bond acceptors (Lipinski definition) is 5. The molecule has 30 heavy (non-hydrogen) atoms. The Morgan fingerprint density at radius 1 is 1.23 bits per heavy atom. The molecule has 1 aromatic rings. The van der Waals surface area contributed by atoms with Gasteiger partial charge in [0.1, 0.15) is 10.7 Å². The smallest absolute Gasteiger partial charge is 0.285 e. The van der Waals surface area contributed by atoms with Crippen LogP contribution in [0.15, 0.2) is 34.2 Å². The van der Waals surface area contributed by atoms with Gasteiger partial charge >= 0.3 is 0 Å². The van der Waals surface area contributed by atoms with E-state index in [0.717, 1.165) is 12.8 Å². The summed E-state index contributed by atoms with van der Waals surface area (Å²) in [6, 6.07) is 7.78. The van der Waals surface area contributed by atoms with Crippen LogP contribution in [0.25, 0.3) is 4.91 Å². The first-order chi connectivity index (χ1) is 14.2. The molecule has 1 saturated heterocycles. The van der Waals surface area contributed by atoms with Crippen LogP contribution in [0, 0.1) is 0 Å². The summed E-state index contributed by atoms with van der Waals surface area (Å²) >= 11 is 0. The van der Waals surface area contributed by atoms with Crippen LogP contribution in [0.5, 0.6) is 0 Å². The molecule has 8 heteroatoms. The van der Waals surface area contributed by atoms with Crippen LogP contribution in [0.2, 0.25) is 0 Å². The number of amidine groups is 1. The summed E-state index contributed by atoms with van der Waals surface area (Å²) < 4.78 is 34.7. The van der Waals surface area contributed by atoms with Gasteiger partial charge in [-0.2, -0.15) is 8.42 Å². The number of nitrogens with one attached hydrogen (secondary N) is 1. The highest BCUT2D eigenvalue weighted by atomic mass is 32.2. The summed E-state index contributed by atoms with van der Waals surface area (Å²) in [5, 5.41) is 3.03. The Morgan fingerprint density at radius 2 is 1.87 bits per heavy atom. The van der Waals surface area contributed by atoms with E-state index in [1.54, 1.807) is 7.11 Å². The largest absolute Gasteiger partial charge is 0.384 e. The van der Waals surface area contributed by atoms with Gasteiger partial charge in [-0.05, 0) is 36.8 Å². The molecule has 0 radical (unpaired) electrons. The SMILES string of the molecule is COCCC(=O)NC1CCN(C2=NS(=O)(=O)C(c3ccc(C(C)C)cc3)=C2C)CC1. The van der Waals surface area contributed by atoms with Crippen LogP contribution in [0.1, 0.15) is 57.1 Å². The van der Waals surface area contributed by atoms with Crippen molar-refractivity contribution in [1.29, 1.82) is 0 Å². The number of nitrogens with zero attached hydrogens (tertiary/aromatic N) is 2. The van der Waals surface area contributed by atoms with Crippen molar-refractivity contribution in [2.24, 2.45) is 4.40 Å². The van der Waals surface area contributed by atoms with Crippen LogP contribution in [0.4, 0.5) is 0 Å². The van der Waals surface area contributed by atoms with Crippen LogP contribution >= 0.6 is 0 Å². The second-order valence-electron chi connectivity index (χ2n) is 8.19. The summed E-state index contributed by atoms with van der Waals surface area (Å²) in [4.78, 5) is 14.2. The molecular weight excluding hydrogens is 402 g/mol. The Labute approximate surface area is 179 Å². The number of ether oxygens (including phenoxy) is 1. The summed E-state index contributed by atoms with van der Waals surface area (Å²) in [6.45, 7) is 7.76. The first-order valence-corrected chi connectivity index (χ1v) is 11.9. The molecule has 3 rings (SSSR count). The number of sulfonamides is 1. The van der Waals surface area contributed by atoms with E-state index in [4.69, 9.17) is 4.74 Å². The minimum Gasteiger partial charge on any atom is -0.384 e. The fourth-order valence-corrected chi connectivity index (χ4v) is 5.42. The van der Waals surface area contributed by atoms with Gasteiger partial charge in [-0.25, -0.2) is 0 Å². The lowest BCUT2D eigenvalue weighted by Crippen LogP contribution is -2.46. The Bertz CT molecular complexity index is 941. The standard InChI is InChI=1S/C22H31N3O4S/c1-15(2)17-5-7-18(8-6-17)21-16(3)22(24-30(21,27)28)25-12-9-19(10-13-25)23-20(26)11-14-29-4/h5-8,15,19H,9-14H2,1-4H3,(H,23,26). The van der Waals surface area contributed by atoms with Crippen molar-refractivity contribution in [2.45, 2.75) is 52.0 Å². The molecule has 0 saturated carbocycles. The van der Waals surface area contributed by atoms with Gasteiger partial charge in [0.2, 0.25) is 5.91 Å². The second kappa shape index (κ2) is 9.31. The Morgan fingerprint density at radius 3 is 2.43 bits per heavy atom. The van der Waals surface area contributed by atoms with E-state index in [1.807, 2.05) is 36.1 Å².